The van der Waals surface area contributed by atoms with Crippen molar-refractivity contribution in [3.63, 3.8) is 0 Å². The normalized spacial score (nSPS) is 10.5. The number of hydrogen-bond acceptors (Lipinski definition) is 2. The Labute approximate surface area is 102 Å². The summed E-state index contributed by atoms with van der Waals surface area (Å²) in [5.41, 5.74) is 3.39. The van der Waals surface area contributed by atoms with Crippen molar-refractivity contribution in [1.29, 1.82) is 0 Å². The Balaban J connectivity index is 2.59. The molecular weight excluding hydrogens is 271 g/mol. The molecule has 82 valence electrons. The van der Waals surface area contributed by atoms with Crippen molar-refractivity contribution in [2.75, 3.05) is 0 Å². The average Bonchev–Trinajstić information content (AvgIpc) is 2.26. The van der Waals surface area contributed by atoms with Crippen LogP contribution in [0.1, 0.15) is 11.1 Å². The summed E-state index contributed by atoms with van der Waals surface area (Å²) >= 11 is 3.05. The van der Waals surface area contributed by atoms with Gasteiger partial charge in [-0.05, 0) is 47.0 Å². The summed E-state index contributed by atoms with van der Waals surface area (Å²) in [6, 6.07) is 5.74. The molecule has 0 amide bonds. The highest BCUT2D eigenvalue weighted by Gasteiger charge is 2.11. The molecule has 1 aromatic carbocycles. The minimum Gasteiger partial charge on any atom is -0.233 e. The van der Waals surface area contributed by atoms with Crippen LogP contribution >= 0.6 is 15.9 Å². The first-order valence-corrected chi connectivity index (χ1v) is 5.62. The number of hydrogen-bond donors (Lipinski definition) is 0. The molecule has 0 aliphatic heterocycles. The maximum absolute atomic E-state index is 13.7. The third-order valence-corrected chi connectivity index (χ3v) is 3.08. The lowest BCUT2D eigenvalue weighted by Crippen LogP contribution is -1.94. The fourth-order valence-corrected chi connectivity index (χ4v) is 1.72. The third-order valence-electron chi connectivity index (χ3n) is 2.53. The first kappa shape index (κ1) is 11.2. The lowest BCUT2D eigenvalue weighted by atomic mass is 10.0. The lowest BCUT2D eigenvalue weighted by Gasteiger charge is -2.06. The molecule has 0 bridgehead atoms. The summed E-state index contributed by atoms with van der Waals surface area (Å²) < 4.78 is 13.9. The van der Waals surface area contributed by atoms with Crippen LogP contribution in [0.5, 0.6) is 0 Å². The van der Waals surface area contributed by atoms with Crippen molar-refractivity contribution in [3.8, 4) is 11.3 Å². The van der Waals surface area contributed by atoms with Crippen LogP contribution in [0.3, 0.4) is 0 Å². The van der Waals surface area contributed by atoms with E-state index in [9.17, 15) is 4.39 Å². The van der Waals surface area contributed by atoms with Gasteiger partial charge in [-0.1, -0.05) is 12.1 Å². The Hall–Kier alpha value is -1.29. The van der Waals surface area contributed by atoms with Crippen LogP contribution in [0, 0.1) is 19.7 Å². The Bertz CT molecular complexity index is 541. The van der Waals surface area contributed by atoms with E-state index in [2.05, 4.69) is 25.9 Å². The molecule has 0 saturated heterocycles. The number of benzene rings is 1. The van der Waals surface area contributed by atoms with Crippen molar-refractivity contribution >= 4 is 15.9 Å². The molecule has 0 aliphatic rings. The van der Waals surface area contributed by atoms with Gasteiger partial charge in [0.2, 0.25) is 0 Å². The van der Waals surface area contributed by atoms with Gasteiger partial charge in [-0.15, -0.1) is 0 Å². The quantitative estimate of drug-likeness (QED) is 0.745. The highest BCUT2D eigenvalue weighted by Crippen LogP contribution is 2.25. The van der Waals surface area contributed by atoms with Crippen molar-refractivity contribution in [2.45, 2.75) is 13.8 Å². The van der Waals surface area contributed by atoms with E-state index in [0.717, 1.165) is 11.1 Å². The second kappa shape index (κ2) is 4.29. The maximum atomic E-state index is 13.7. The molecule has 0 spiro atoms. The van der Waals surface area contributed by atoms with Crippen LogP contribution in [-0.2, 0) is 0 Å². The topological polar surface area (TPSA) is 25.8 Å². The molecule has 0 saturated carbocycles. The molecule has 0 N–H and O–H groups in total. The molecule has 1 aromatic heterocycles. The fraction of sp³-hybridized carbons (Fsp3) is 0.167. The first-order valence-electron chi connectivity index (χ1n) is 4.83. The van der Waals surface area contributed by atoms with E-state index in [1.807, 2.05) is 32.0 Å². The van der Waals surface area contributed by atoms with Crippen LogP contribution in [0.25, 0.3) is 11.3 Å². The van der Waals surface area contributed by atoms with Crippen molar-refractivity contribution < 1.29 is 4.39 Å². The van der Waals surface area contributed by atoms with E-state index < -0.39 is 5.82 Å². The monoisotopic (exact) mass is 280 g/mol. The predicted octanol–water partition coefficient (Wildman–Crippen LogP) is 3.66. The van der Waals surface area contributed by atoms with Gasteiger partial charge in [-0.3, -0.25) is 0 Å². The number of nitrogens with zero attached hydrogens (tertiary/aromatic N) is 2. The summed E-state index contributed by atoms with van der Waals surface area (Å²) in [7, 11) is 0. The summed E-state index contributed by atoms with van der Waals surface area (Å²) in [4.78, 5) is 7.70. The second-order valence-corrected chi connectivity index (χ2v) is 4.38. The van der Waals surface area contributed by atoms with Crippen molar-refractivity contribution in [2.24, 2.45) is 0 Å². The fourth-order valence-electron chi connectivity index (χ4n) is 1.44. The molecule has 4 heteroatoms. The van der Waals surface area contributed by atoms with E-state index in [0.29, 0.717) is 5.69 Å². The number of aromatic nitrogens is 2. The second-order valence-electron chi connectivity index (χ2n) is 3.63. The maximum Gasteiger partial charge on any atom is 0.182 e. The van der Waals surface area contributed by atoms with Crippen LogP contribution in [0.4, 0.5) is 4.39 Å². The zero-order valence-electron chi connectivity index (χ0n) is 8.96. The van der Waals surface area contributed by atoms with Gasteiger partial charge in [0.1, 0.15) is 16.6 Å². The summed E-state index contributed by atoms with van der Waals surface area (Å²) in [5, 5.41) is 0. The van der Waals surface area contributed by atoms with Gasteiger partial charge in [0.15, 0.2) is 5.82 Å². The molecule has 0 aliphatic carbocycles. The van der Waals surface area contributed by atoms with Crippen molar-refractivity contribution in [1.82, 2.24) is 9.97 Å². The van der Waals surface area contributed by atoms with Gasteiger partial charge in [0.05, 0.1) is 0 Å². The highest BCUT2D eigenvalue weighted by atomic mass is 79.9. The Morgan fingerprint density at radius 2 is 1.88 bits per heavy atom. The molecule has 2 aromatic rings. The lowest BCUT2D eigenvalue weighted by molar-refractivity contribution is 0.609. The van der Waals surface area contributed by atoms with Gasteiger partial charge < -0.3 is 0 Å². The molecular formula is C12H10BrFN2. The molecule has 16 heavy (non-hydrogen) atoms. The number of rotatable bonds is 1. The van der Waals surface area contributed by atoms with Gasteiger partial charge in [0, 0.05) is 5.56 Å². The smallest absolute Gasteiger partial charge is 0.182 e. The third kappa shape index (κ3) is 1.97. The standard InChI is InChI=1S/C12H10BrFN2/c1-7-3-4-9(5-8(7)2)11-10(14)12(13)16-6-15-11/h3-6H,1-2H3. The van der Waals surface area contributed by atoms with Gasteiger partial charge in [-0.2, -0.15) is 0 Å². The van der Waals surface area contributed by atoms with Crippen LogP contribution in [0.15, 0.2) is 29.1 Å². The summed E-state index contributed by atoms with van der Waals surface area (Å²) in [6.07, 6.45) is 1.34. The predicted molar refractivity (Wildman–Crippen MR) is 64.6 cm³/mol. The van der Waals surface area contributed by atoms with E-state index >= 15 is 0 Å². The van der Waals surface area contributed by atoms with Gasteiger partial charge in [0.25, 0.3) is 0 Å². The largest absolute Gasteiger partial charge is 0.233 e. The Morgan fingerprint density at radius 3 is 2.56 bits per heavy atom. The summed E-state index contributed by atoms with van der Waals surface area (Å²) in [5.74, 6) is -0.425. The number of aryl methyl sites for hydroxylation is 2. The molecule has 1 heterocycles. The van der Waals surface area contributed by atoms with E-state index in [1.165, 1.54) is 11.9 Å². The minimum absolute atomic E-state index is 0.190. The molecule has 0 radical (unpaired) electrons. The SMILES string of the molecule is Cc1ccc(-c2ncnc(Br)c2F)cc1C. The van der Waals surface area contributed by atoms with E-state index in [1.54, 1.807) is 0 Å². The van der Waals surface area contributed by atoms with E-state index in [4.69, 9.17) is 0 Å². The highest BCUT2D eigenvalue weighted by molar-refractivity contribution is 9.10. The van der Waals surface area contributed by atoms with Gasteiger partial charge >= 0.3 is 0 Å². The Kier molecular flexibility index (Phi) is 3.01. The zero-order valence-corrected chi connectivity index (χ0v) is 10.5. The minimum atomic E-state index is -0.425. The van der Waals surface area contributed by atoms with Crippen LogP contribution < -0.4 is 0 Å². The number of halogens is 2. The summed E-state index contributed by atoms with van der Waals surface area (Å²) in [6.45, 7) is 4.01. The molecule has 2 nitrogen and oxygen atoms in total. The molecule has 0 fully saturated rings. The zero-order chi connectivity index (χ0) is 11.7. The first-order chi connectivity index (χ1) is 7.59. The van der Waals surface area contributed by atoms with Gasteiger partial charge in [-0.25, -0.2) is 14.4 Å². The van der Waals surface area contributed by atoms with Crippen LogP contribution in [-0.4, -0.2) is 9.97 Å². The van der Waals surface area contributed by atoms with Crippen LogP contribution in [0.2, 0.25) is 0 Å². The molecule has 0 unspecified atom stereocenters. The Morgan fingerprint density at radius 1 is 1.12 bits per heavy atom. The molecule has 2 rings (SSSR count). The van der Waals surface area contributed by atoms with Crippen molar-refractivity contribution in [3.05, 3.63) is 46.1 Å². The average molecular weight is 281 g/mol. The van der Waals surface area contributed by atoms with E-state index in [-0.39, 0.29) is 4.60 Å². The molecule has 0 atom stereocenters.